The first-order valence-electron chi connectivity index (χ1n) is 8.64. The summed E-state index contributed by atoms with van der Waals surface area (Å²) < 4.78 is 13.3. The van der Waals surface area contributed by atoms with E-state index < -0.39 is 0 Å². The fourth-order valence-corrected chi connectivity index (χ4v) is 3.75. The van der Waals surface area contributed by atoms with Crippen molar-refractivity contribution in [3.63, 3.8) is 0 Å². The second-order valence-electron chi connectivity index (χ2n) is 6.82. The third kappa shape index (κ3) is 3.89. The van der Waals surface area contributed by atoms with Gasteiger partial charge in [0.15, 0.2) is 0 Å². The van der Waals surface area contributed by atoms with Crippen LogP contribution in [0.5, 0.6) is 0 Å². The summed E-state index contributed by atoms with van der Waals surface area (Å²) in [5.74, 6) is 1.37. The van der Waals surface area contributed by atoms with Gasteiger partial charge in [-0.15, -0.1) is 0 Å². The summed E-state index contributed by atoms with van der Waals surface area (Å²) in [7, 11) is 2.00. The van der Waals surface area contributed by atoms with Crippen LogP contribution in [0.25, 0.3) is 0 Å². The molecule has 3 heterocycles. The molecule has 0 unspecified atom stereocenters. The van der Waals surface area contributed by atoms with Crippen LogP contribution in [0.15, 0.2) is 12.3 Å². The van der Waals surface area contributed by atoms with E-state index in [1.165, 1.54) is 25.0 Å². The van der Waals surface area contributed by atoms with Gasteiger partial charge in [-0.05, 0) is 44.6 Å². The summed E-state index contributed by atoms with van der Waals surface area (Å²) in [6.45, 7) is 6.08. The molecule has 0 aromatic carbocycles. The second kappa shape index (κ2) is 7.57. The average Bonchev–Trinajstić information content (AvgIpc) is 3.14. The fraction of sp³-hybridized carbons (Fsp3) is 0.824. The molecule has 5 nitrogen and oxygen atoms in total. The minimum Gasteiger partial charge on any atom is -0.381 e. The second-order valence-corrected chi connectivity index (χ2v) is 6.82. The molecule has 22 heavy (non-hydrogen) atoms. The maximum absolute atomic E-state index is 5.96. The molecule has 1 aromatic heterocycles. The van der Waals surface area contributed by atoms with E-state index in [1.54, 1.807) is 0 Å². The van der Waals surface area contributed by atoms with E-state index in [2.05, 4.69) is 23.4 Å². The molecule has 124 valence electrons. The number of hydrogen-bond donors (Lipinski definition) is 1. The van der Waals surface area contributed by atoms with Crippen LogP contribution in [0.1, 0.15) is 44.4 Å². The van der Waals surface area contributed by atoms with Crippen LogP contribution in [0.3, 0.4) is 0 Å². The van der Waals surface area contributed by atoms with Gasteiger partial charge in [-0.1, -0.05) is 0 Å². The molecule has 0 amide bonds. The Morgan fingerprint density at radius 3 is 2.86 bits per heavy atom. The molecule has 5 heteroatoms. The molecule has 2 saturated heterocycles. The molecule has 2 fully saturated rings. The first kappa shape index (κ1) is 16.0. The molecular weight excluding hydrogens is 278 g/mol. The van der Waals surface area contributed by atoms with Crippen LogP contribution in [0.4, 0.5) is 0 Å². The summed E-state index contributed by atoms with van der Waals surface area (Å²) >= 11 is 0. The van der Waals surface area contributed by atoms with E-state index in [9.17, 15) is 0 Å². The minimum absolute atomic E-state index is 0.190. The zero-order valence-corrected chi connectivity index (χ0v) is 13.8. The molecule has 2 aliphatic rings. The van der Waals surface area contributed by atoms with Crippen LogP contribution < -0.4 is 5.32 Å². The van der Waals surface area contributed by atoms with Crippen molar-refractivity contribution in [2.24, 2.45) is 18.9 Å². The smallest absolute Gasteiger partial charge is 0.103 e. The summed E-state index contributed by atoms with van der Waals surface area (Å²) in [5.41, 5.74) is 1.20. The Morgan fingerprint density at radius 1 is 1.32 bits per heavy atom. The maximum Gasteiger partial charge on any atom is 0.103 e. The lowest BCUT2D eigenvalue weighted by Gasteiger charge is -2.27. The highest BCUT2D eigenvalue weighted by molar-refractivity contribution is 5.07. The molecule has 0 radical (unpaired) electrons. The van der Waals surface area contributed by atoms with Gasteiger partial charge in [0.25, 0.3) is 0 Å². The molecule has 0 saturated carbocycles. The lowest BCUT2D eigenvalue weighted by Crippen LogP contribution is -2.34. The zero-order chi connectivity index (χ0) is 15.4. The normalized spacial score (nSPS) is 28.1. The van der Waals surface area contributed by atoms with Gasteiger partial charge in [-0.25, -0.2) is 0 Å². The van der Waals surface area contributed by atoms with E-state index in [4.69, 9.17) is 9.47 Å². The van der Waals surface area contributed by atoms with Crippen LogP contribution in [0.2, 0.25) is 0 Å². The van der Waals surface area contributed by atoms with Crippen LogP contribution in [-0.4, -0.2) is 42.2 Å². The van der Waals surface area contributed by atoms with Gasteiger partial charge >= 0.3 is 0 Å². The van der Waals surface area contributed by atoms with Crippen molar-refractivity contribution in [1.29, 1.82) is 0 Å². The highest BCUT2D eigenvalue weighted by atomic mass is 16.5. The number of ether oxygens (including phenoxy) is 2. The van der Waals surface area contributed by atoms with Gasteiger partial charge in [-0.2, -0.15) is 5.10 Å². The molecule has 0 spiro atoms. The SMILES string of the molecule is C[C@@H](CC1CCOCC1)NC[C@@H]1CCO[C@H]1c1ccnn1C. The topological polar surface area (TPSA) is 48.3 Å². The third-order valence-electron chi connectivity index (χ3n) is 5.12. The van der Waals surface area contributed by atoms with E-state index in [-0.39, 0.29) is 6.10 Å². The van der Waals surface area contributed by atoms with E-state index in [0.29, 0.717) is 12.0 Å². The third-order valence-corrected chi connectivity index (χ3v) is 5.12. The molecule has 0 bridgehead atoms. The van der Waals surface area contributed by atoms with E-state index >= 15 is 0 Å². The summed E-state index contributed by atoms with van der Waals surface area (Å²) in [6, 6.07) is 2.64. The van der Waals surface area contributed by atoms with Crippen molar-refractivity contribution < 1.29 is 9.47 Å². The summed E-state index contributed by atoms with van der Waals surface area (Å²) in [5, 5.41) is 8.01. The number of aromatic nitrogens is 2. The van der Waals surface area contributed by atoms with E-state index in [0.717, 1.165) is 38.7 Å². The van der Waals surface area contributed by atoms with Crippen molar-refractivity contribution in [2.45, 2.75) is 44.8 Å². The van der Waals surface area contributed by atoms with Crippen molar-refractivity contribution >= 4 is 0 Å². The Bertz CT molecular complexity index is 457. The largest absolute Gasteiger partial charge is 0.381 e. The standard InChI is InChI=1S/C17H29N3O2/c1-13(11-14-4-8-21-9-5-14)18-12-15-6-10-22-17(15)16-3-7-19-20(16)2/h3,7,13-15,17-18H,4-6,8-12H2,1-2H3/t13-,15-,17+/m0/s1. The van der Waals surface area contributed by atoms with Crippen LogP contribution in [0, 0.1) is 11.8 Å². The first-order valence-corrected chi connectivity index (χ1v) is 8.64. The van der Waals surface area contributed by atoms with Crippen LogP contribution in [-0.2, 0) is 16.5 Å². The van der Waals surface area contributed by atoms with Gasteiger partial charge in [0.2, 0.25) is 0 Å². The van der Waals surface area contributed by atoms with Crippen molar-refractivity contribution in [3.05, 3.63) is 18.0 Å². The summed E-state index contributed by atoms with van der Waals surface area (Å²) in [6.07, 6.45) is 6.87. The highest BCUT2D eigenvalue weighted by Crippen LogP contribution is 2.33. The molecule has 3 atom stereocenters. The van der Waals surface area contributed by atoms with Gasteiger partial charge in [0.1, 0.15) is 6.10 Å². The Hall–Kier alpha value is -0.910. The minimum atomic E-state index is 0.190. The maximum atomic E-state index is 5.96. The quantitative estimate of drug-likeness (QED) is 0.876. The Balaban J connectivity index is 1.46. The van der Waals surface area contributed by atoms with Crippen molar-refractivity contribution in [3.8, 4) is 0 Å². The van der Waals surface area contributed by atoms with Gasteiger partial charge in [0.05, 0.1) is 5.69 Å². The van der Waals surface area contributed by atoms with Crippen molar-refractivity contribution in [1.82, 2.24) is 15.1 Å². The average molecular weight is 307 g/mol. The Kier molecular flexibility index (Phi) is 5.50. The number of hydrogen-bond acceptors (Lipinski definition) is 4. The number of rotatable bonds is 6. The number of nitrogens with zero attached hydrogens (tertiary/aromatic N) is 2. The molecule has 1 N–H and O–H groups in total. The Morgan fingerprint density at radius 2 is 2.14 bits per heavy atom. The monoisotopic (exact) mass is 307 g/mol. The zero-order valence-electron chi connectivity index (χ0n) is 13.8. The summed E-state index contributed by atoms with van der Waals surface area (Å²) in [4.78, 5) is 0. The van der Waals surface area contributed by atoms with Gasteiger partial charge in [-0.3, -0.25) is 4.68 Å². The predicted octanol–water partition coefficient (Wildman–Crippen LogP) is 2.29. The highest BCUT2D eigenvalue weighted by Gasteiger charge is 2.31. The molecule has 2 aliphatic heterocycles. The molecular formula is C17H29N3O2. The molecule has 3 rings (SSSR count). The molecule has 0 aliphatic carbocycles. The van der Waals surface area contributed by atoms with Gasteiger partial charge in [0, 0.05) is 51.6 Å². The number of nitrogens with one attached hydrogen (secondary N) is 1. The van der Waals surface area contributed by atoms with Crippen molar-refractivity contribution in [2.75, 3.05) is 26.4 Å². The van der Waals surface area contributed by atoms with Gasteiger partial charge < -0.3 is 14.8 Å². The number of aryl methyl sites for hydroxylation is 1. The predicted molar refractivity (Wildman–Crippen MR) is 85.6 cm³/mol. The van der Waals surface area contributed by atoms with Crippen LogP contribution >= 0.6 is 0 Å². The first-order chi connectivity index (χ1) is 10.7. The lowest BCUT2D eigenvalue weighted by atomic mass is 9.92. The fourth-order valence-electron chi connectivity index (χ4n) is 3.75. The Labute approximate surface area is 133 Å². The lowest BCUT2D eigenvalue weighted by molar-refractivity contribution is 0.0602. The van der Waals surface area contributed by atoms with E-state index in [1.807, 2.05) is 17.9 Å². The molecule has 1 aromatic rings.